The molecule has 0 spiro atoms. The summed E-state index contributed by atoms with van der Waals surface area (Å²) in [6.07, 6.45) is -3.06. The van der Waals surface area contributed by atoms with Gasteiger partial charge in [0.1, 0.15) is 0 Å². The molecule has 0 unspecified atom stereocenters. The van der Waals surface area contributed by atoms with Crippen molar-refractivity contribution in [2.45, 2.75) is 18.1 Å². The van der Waals surface area contributed by atoms with E-state index in [4.69, 9.17) is 0 Å². The van der Waals surface area contributed by atoms with Gasteiger partial charge in [-0.2, -0.15) is 26.3 Å². The molecule has 0 fully saturated rings. The largest absolute Gasteiger partial charge is 0.511 e. The standard InChI is InChI=1S/C20H15F6N3O3S2/c21-19(22,23)14-5-1-13(2-6-14)18(30)29-15-7-3-12(4-8-15)16-11-27-17(33-16)9-10-28-34(31,32)20(24,25)26/h1-8,11,28H,9-10H2,(H,29,30). The van der Waals surface area contributed by atoms with Crippen LogP contribution in [0.15, 0.2) is 54.7 Å². The lowest BCUT2D eigenvalue weighted by atomic mass is 10.1. The fourth-order valence-corrected chi connectivity index (χ4v) is 4.12. The van der Waals surface area contributed by atoms with Gasteiger partial charge in [-0.05, 0) is 42.0 Å². The number of hydrogen-bond donors (Lipinski definition) is 2. The number of benzene rings is 2. The molecule has 0 atom stereocenters. The number of hydrogen-bond acceptors (Lipinski definition) is 5. The number of carbonyl (C=O) groups excluding carboxylic acids is 1. The van der Waals surface area contributed by atoms with Gasteiger partial charge in [0.2, 0.25) is 0 Å². The minimum absolute atomic E-state index is 0.0404. The van der Waals surface area contributed by atoms with Crippen molar-refractivity contribution in [2.24, 2.45) is 0 Å². The number of halogens is 6. The molecular formula is C20H15F6N3O3S2. The molecule has 0 bridgehead atoms. The van der Waals surface area contributed by atoms with Crippen LogP contribution in [0.4, 0.5) is 32.0 Å². The Hall–Kier alpha value is -2.97. The second kappa shape index (κ2) is 9.72. The summed E-state index contributed by atoms with van der Waals surface area (Å²) < 4.78 is 98.3. The first-order valence-electron chi connectivity index (χ1n) is 9.36. The summed E-state index contributed by atoms with van der Waals surface area (Å²) in [6, 6.07) is 10.2. The van der Waals surface area contributed by atoms with E-state index < -0.39 is 39.7 Å². The summed E-state index contributed by atoms with van der Waals surface area (Å²) in [5.41, 5.74) is -5.13. The molecule has 3 aromatic rings. The maximum atomic E-state index is 12.6. The van der Waals surface area contributed by atoms with E-state index in [1.165, 1.54) is 10.9 Å². The summed E-state index contributed by atoms with van der Waals surface area (Å²) >= 11 is 1.16. The van der Waals surface area contributed by atoms with E-state index in [1.807, 2.05) is 0 Å². The van der Waals surface area contributed by atoms with Crippen LogP contribution in [-0.4, -0.2) is 31.4 Å². The summed E-state index contributed by atoms with van der Waals surface area (Å²) in [5.74, 6) is -0.595. The lowest BCUT2D eigenvalue weighted by Gasteiger charge is -2.09. The molecule has 2 N–H and O–H groups in total. The van der Waals surface area contributed by atoms with Crippen molar-refractivity contribution in [3.05, 3.63) is 70.9 Å². The molecule has 0 radical (unpaired) electrons. The van der Waals surface area contributed by atoms with Crippen LogP contribution in [0.2, 0.25) is 0 Å². The van der Waals surface area contributed by atoms with E-state index in [1.54, 1.807) is 24.3 Å². The highest BCUT2D eigenvalue weighted by atomic mass is 32.2. The number of thiazole rings is 1. The lowest BCUT2D eigenvalue weighted by Crippen LogP contribution is -2.37. The third-order valence-corrected chi connectivity index (χ3v) is 6.69. The zero-order valence-electron chi connectivity index (χ0n) is 16.9. The zero-order chi connectivity index (χ0) is 25.1. The van der Waals surface area contributed by atoms with Gasteiger partial charge in [-0.15, -0.1) is 11.3 Å². The molecule has 14 heteroatoms. The van der Waals surface area contributed by atoms with E-state index in [9.17, 15) is 39.6 Å². The number of aromatic nitrogens is 1. The topological polar surface area (TPSA) is 88.2 Å². The smallest absolute Gasteiger partial charge is 0.322 e. The number of sulfonamides is 1. The molecule has 182 valence electrons. The van der Waals surface area contributed by atoms with Crippen LogP contribution in [0, 0.1) is 0 Å². The fraction of sp³-hybridized carbons (Fsp3) is 0.200. The molecule has 34 heavy (non-hydrogen) atoms. The Morgan fingerprint density at radius 3 is 2.12 bits per heavy atom. The number of amides is 1. The number of anilines is 1. The summed E-state index contributed by atoms with van der Waals surface area (Å²) in [7, 11) is -5.41. The molecule has 2 aromatic carbocycles. The van der Waals surface area contributed by atoms with E-state index in [-0.39, 0.29) is 12.0 Å². The highest BCUT2D eigenvalue weighted by Crippen LogP contribution is 2.30. The molecule has 3 rings (SSSR count). The normalized spacial score (nSPS) is 12.5. The molecule has 0 saturated heterocycles. The summed E-state index contributed by atoms with van der Waals surface area (Å²) in [5, 5.41) is 2.98. The monoisotopic (exact) mass is 523 g/mol. The Kier molecular flexibility index (Phi) is 7.33. The van der Waals surface area contributed by atoms with Gasteiger partial charge in [-0.25, -0.2) is 18.1 Å². The number of rotatable bonds is 7. The quantitative estimate of drug-likeness (QED) is 0.424. The molecule has 1 heterocycles. The van der Waals surface area contributed by atoms with Gasteiger partial charge in [0.05, 0.1) is 15.4 Å². The van der Waals surface area contributed by atoms with Crippen molar-refractivity contribution in [3.63, 3.8) is 0 Å². The average molecular weight is 523 g/mol. The van der Waals surface area contributed by atoms with Crippen molar-refractivity contribution in [2.75, 3.05) is 11.9 Å². The van der Waals surface area contributed by atoms with Crippen LogP contribution in [0.1, 0.15) is 20.9 Å². The van der Waals surface area contributed by atoms with Gasteiger partial charge >= 0.3 is 21.7 Å². The maximum absolute atomic E-state index is 12.6. The van der Waals surface area contributed by atoms with E-state index in [2.05, 4.69) is 10.3 Å². The number of nitrogens with zero attached hydrogens (tertiary/aromatic N) is 1. The van der Waals surface area contributed by atoms with Gasteiger partial charge in [0.15, 0.2) is 0 Å². The van der Waals surface area contributed by atoms with Gasteiger partial charge < -0.3 is 5.32 Å². The van der Waals surface area contributed by atoms with E-state index in [0.717, 1.165) is 35.6 Å². The Balaban J connectivity index is 1.58. The summed E-state index contributed by atoms with van der Waals surface area (Å²) in [6.45, 7) is -0.469. The van der Waals surface area contributed by atoms with Crippen LogP contribution >= 0.6 is 11.3 Å². The van der Waals surface area contributed by atoms with Crippen molar-refractivity contribution in [3.8, 4) is 10.4 Å². The SMILES string of the molecule is O=C(Nc1ccc(-c2cnc(CCNS(=O)(=O)C(F)(F)F)s2)cc1)c1ccc(C(F)(F)F)cc1. The van der Waals surface area contributed by atoms with Crippen molar-refractivity contribution >= 4 is 33.0 Å². The number of alkyl halides is 6. The lowest BCUT2D eigenvalue weighted by molar-refractivity contribution is -0.137. The highest BCUT2D eigenvalue weighted by molar-refractivity contribution is 7.90. The second-order valence-electron chi connectivity index (χ2n) is 6.82. The molecule has 0 aliphatic heterocycles. The maximum Gasteiger partial charge on any atom is 0.511 e. The Bertz CT molecular complexity index is 1250. The van der Waals surface area contributed by atoms with Crippen LogP contribution < -0.4 is 10.0 Å². The summed E-state index contributed by atoms with van der Waals surface area (Å²) in [4.78, 5) is 17.0. The number of nitrogens with one attached hydrogen (secondary N) is 2. The molecular weight excluding hydrogens is 508 g/mol. The first-order valence-corrected chi connectivity index (χ1v) is 11.7. The predicted molar refractivity (Wildman–Crippen MR) is 114 cm³/mol. The number of carbonyl (C=O) groups is 1. The van der Waals surface area contributed by atoms with E-state index in [0.29, 0.717) is 21.1 Å². The van der Waals surface area contributed by atoms with Gasteiger partial charge in [0.25, 0.3) is 5.91 Å². The van der Waals surface area contributed by atoms with Crippen molar-refractivity contribution in [1.29, 1.82) is 0 Å². The van der Waals surface area contributed by atoms with Gasteiger partial charge in [-0.1, -0.05) is 12.1 Å². The zero-order valence-corrected chi connectivity index (χ0v) is 18.5. The molecule has 0 aliphatic rings. The molecule has 0 saturated carbocycles. The van der Waals surface area contributed by atoms with Gasteiger partial charge in [0, 0.05) is 30.4 Å². The van der Waals surface area contributed by atoms with Gasteiger partial charge in [-0.3, -0.25) is 4.79 Å². The van der Waals surface area contributed by atoms with Crippen LogP contribution in [-0.2, 0) is 22.6 Å². The van der Waals surface area contributed by atoms with Crippen LogP contribution in [0.3, 0.4) is 0 Å². The first kappa shape index (κ1) is 25.6. The minimum Gasteiger partial charge on any atom is -0.322 e. The highest BCUT2D eigenvalue weighted by Gasteiger charge is 2.45. The predicted octanol–water partition coefficient (Wildman–Crippen LogP) is 5.06. The molecule has 1 amide bonds. The van der Waals surface area contributed by atoms with Crippen molar-refractivity contribution < 1.29 is 39.6 Å². The average Bonchev–Trinajstić information content (AvgIpc) is 3.21. The Labute approximate surface area is 193 Å². The first-order chi connectivity index (χ1) is 15.8. The van der Waals surface area contributed by atoms with Crippen LogP contribution in [0.5, 0.6) is 0 Å². The third kappa shape index (κ3) is 6.33. The molecule has 6 nitrogen and oxygen atoms in total. The molecule has 1 aromatic heterocycles. The van der Waals surface area contributed by atoms with Crippen molar-refractivity contribution in [1.82, 2.24) is 9.71 Å². The van der Waals surface area contributed by atoms with E-state index >= 15 is 0 Å². The fourth-order valence-electron chi connectivity index (χ4n) is 2.67. The minimum atomic E-state index is -5.41. The molecule has 0 aliphatic carbocycles. The second-order valence-corrected chi connectivity index (χ2v) is 9.69. The Morgan fingerprint density at radius 1 is 0.941 bits per heavy atom. The Morgan fingerprint density at radius 2 is 1.56 bits per heavy atom. The third-order valence-electron chi connectivity index (χ3n) is 4.39. The van der Waals surface area contributed by atoms with Crippen LogP contribution in [0.25, 0.3) is 10.4 Å².